The van der Waals surface area contributed by atoms with Crippen LogP contribution in [-0.2, 0) is 47.7 Å². The molecule has 17 atom stereocenters. The number of esters is 4. The summed E-state index contributed by atoms with van der Waals surface area (Å²) in [6.45, 7) is 13.8. The molecule has 0 aliphatic heterocycles. The summed E-state index contributed by atoms with van der Waals surface area (Å²) in [4.78, 5) is 103. The first-order valence-electron chi connectivity index (χ1n) is 27.3. The highest BCUT2D eigenvalue weighted by molar-refractivity contribution is 8.13. The number of rotatable bonds is 12. The van der Waals surface area contributed by atoms with Gasteiger partial charge < -0.3 is 27.8 Å². The summed E-state index contributed by atoms with van der Waals surface area (Å²) < 4.78 is 82.0. The summed E-state index contributed by atoms with van der Waals surface area (Å²) in [5.41, 5.74) is -9.58. The van der Waals surface area contributed by atoms with Gasteiger partial charge >= 0.3 is 23.9 Å². The summed E-state index contributed by atoms with van der Waals surface area (Å²) in [5.74, 6) is -7.42. The van der Waals surface area contributed by atoms with Crippen molar-refractivity contribution in [3.63, 3.8) is 0 Å². The topological polar surface area (TPSA) is 200 Å². The van der Waals surface area contributed by atoms with Gasteiger partial charge in [-0.3, -0.25) is 28.8 Å². The lowest BCUT2D eigenvalue weighted by molar-refractivity contribution is -0.237. The molecular formula is C60H67Cl2F3O14S. The molecule has 20 heteroatoms. The standard InChI is InChI=1S/C32H32Cl2O8.C28H35F3O6S/c1-18-14-22-21-9-8-19-15-20(35)10-11-29(19,2)31(21,34)26(41-27(37)23-6-4-12-39-23)16-30(22,3)32(18,25(36)17-33)42-28(38)24-7-5-13-40-24;1-6-22(33)36-21-13-26(5)17(10-15(3)28(26,24(35)38-14-29)37-23(34)7-2)18-12-20(30)19-11-16(32)8-9-25(19,4)27(18,21)31/h4-7,10-13,15,18,21-22,26H,8-9,14,16-17H2,1-3H3;8-9,11,15,17-18,20-21H,6-7,10,12-14H2,1-5H3/t18-,21+,22+,26+,29+,30+,31?,32+;15-,17+,18+,20+,21+,25+,26+,27+,28+/m11/s1. The second kappa shape index (κ2) is 21.2. The van der Waals surface area contributed by atoms with Crippen molar-refractivity contribution in [1.29, 1.82) is 0 Å². The summed E-state index contributed by atoms with van der Waals surface area (Å²) in [6.07, 6.45) is 8.84. The first-order chi connectivity index (χ1) is 37.7. The van der Waals surface area contributed by atoms with E-state index >= 15 is 8.78 Å². The molecule has 2 heterocycles. The van der Waals surface area contributed by atoms with Gasteiger partial charge in [0.1, 0.15) is 24.4 Å². The van der Waals surface area contributed by atoms with Crippen molar-refractivity contribution in [2.45, 2.75) is 153 Å². The molecule has 0 saturated heterocycles. The largest absolute Gasteiger partial charge is 0.459 e. The van der Waals surface area contributed by atoms with E-state index in [9.17, 15) is 42.7 Å². The van der Waals surface area contributed by atoms with Gasteiger partial charge in [-0.1, -0.05) is 66.2 Å². The molecule has 0 N–H and O–H groups in total. The van der Waals surface area contributed by atoms with Crippen molar-refractivity contribution in [2.75, 3.05) is 11.9 Å². The molecule has 0 bridgehead atoms. The van der Waals surface area contributed by atoms with Gasteiger partial charge in [-0.15, -0.1) is 23.2 Å². The van der Waals surface area contributed by atoms with Crippen LogP contribution in [0.5, 0.6) is 0 Å². The number of ketones is 3. The van der Waals surface area contributed by atoms with Gasteiger partial charge in [0, 0.05) is 52.3 Å². The Morgan fingerprint density at radius 3 is 1.88 bits per heavy atom. The first kappa shape index (κ1) is 59.4. The second-order valence-electron chi connectivity index (χ2n) is 23.8. The maximum Gasteiger partial charge on any atom is 0.375 e. The molecule has 0 aromatic carbocycles. The third-order valence-electron chi connectivity index (χ3n) is 20.4. The quantitative estimate of drug-likeness (QED) is 0.110. The Morgan fingerprint density at radius 1 is 0.725 bits per heavy atom. The van der Waals surface area contributed by atoms with E-state index in [1.807, 2.05) is 26.8 Å². The second-order valence-corrected chi connectivity index (χ2v) is 25.6. The maximum atomic E-state index is 18.0. The smallest absolute Gasteiger partial charge is 0.375 e. The molecule has 6 fully saturated rings. The highest BCUT2D eigenvalue weighted by Crippen LogP contribution is 2.75. The minimum Gasteiger partial charge on any atom is -0.459 e. The van der Waals surface area contributed by atoms with Crippen LogP contribution < -0.4 is 0 Å². The summed E-state index contributed by atoms with van der Waals surface area (Å²) in [5, 5.41) is -0.686. The normalized spacial score (nSPS) is 40.9. The van der Waals surface area contributed by atoms with Crippen LogP contribution in [0.2, 0.25) is 0 Å². The van der Waals surface area contributed by atoms with Crippen molar-refractivity contribution in [1.82, 2.24) is 0 Å². The molecule has 0 spiro atoms. The number of alkyl halides is 5. The summed E-state index contributed by atoms with van der Waals surface area (Å²) in [7, 11) is 0. The van der Waals surface area contributed by atoms with Crippen LogP contribution in [0, 0.1) is 57.2 Å². The Hall–Kier alpha value is -5.20. The molecule has 14 nitrogen and oxygen atoms in total. The van der Waals surface area contributed by atoms with Gasteiger partial charge in [-0.25, -0.2) is 22.8 Å². The third kappa shape index (κ3) is 8.45. The Balaban J connectivity index is 0.000000195. The molecule has 0 radical (unpaired) electrons. The minimum absolute atomic E-state index is 0.00341. The SMILES string of the molecule is CCC(=O)O[C@H]1C[C@@]2(C)[C@@H](C[C@@H](C)[C@]2(OC(=O)CC)C(=O)SCF)[C@@H]2C[C@H](F)C3=CC(=O)C=C[C@]3(C)[C@@]12F.C[C@@H]1C[C@H]2[C@@H]3CCC4=CC(=O)C=C[C@]4(C)C3(Cl)[C@@H](OC(=O)c3ccco3)C[C@]2(C)[C@@]1(OC(=O)c1ccco1)C(=O)CCl. The minimum atomic E-state index is -2.31. The van der Waals surface area contributed by atoms with E-state index in [0.29, 0.717) is 31.0 Å². The lowest BCUT2D eigenvalue weighted by Gasteiger charge is -2.64. The number of halogens is 5. The lowest BCUT2D eigenvalue weighted by atomic mass is 9.44. The first-order valence-corrected chi connectivity index (χ1v) is 29.2. The van der Waals surface area contributed by atoms with Gasteiger partial charge in [0.25, 0.3) is 0 Å². The molecular weight excluding hydrogens is 1100 g/mol. The van der Waals surface area contributed by atoms with Crippen LogP contribution in [0.15, 0.2) is 93.2 Å². The molecule has 2 aromatic heterocycles. The van der Waals surface area contributed by atoms with Crippen LogP contribution in [0.1, 0.15) is 134 Å². The molecule has 1 unspecified atom stereocenters. The zero-order valence-electron chi connectivity index (χ0n) is 45.9. The van der Waals surface area contributed by atoms with Gasteiger partial charge in [0.15, 0.2) is 34.2 Å². The maximum absolute atomic E-state index is 18.0. The van der Waals surface area contributed by atoms with Gasteiger partial charge in [-0.05, 0) is 136 Å². The number of carbonyl (C=O) groups is 8. The average Bonchev–Trinajstić information content (AvgIpc) is 2.72. The van der Waals surface area contributed by atoms with Gasteiger partial charge in [-0.2, -0.15) is 0 Å². The Kier molecular flexibility index (Phi) is 15.8. The van der Waals surface area contributed by atoms with Crippen LogP contribution in [0.4, 0.5) is 13.2 Å². The molecule has 2 aromatic rings. The molecule has 10 rings (SSSR count). The zero-order valence-corrected chi connectivity index (χ0v) is 48.2. The van der Waals surface area contributed by atoms with E-state index in [-0.39, 0.29) is 79.1 Å². The fourth-order valence-electron chi connectivity index (χ4n) is 16.7. The number of hydrogen-bond donors (Lipinski definition) is 0. The fourth-order valence-corrected chi connectivity index (χ4v) is 18.3. The average molecular weight is 1170 g/mol. The van der Waals surface area contributed by atoms with Crippen molar-refractivity contribution in [2.24, 2.45) is 57.2 Å². The highest BCUT2D eigenvalue weighted by atomic mass is 35.5. The van der Waals surface area contributed by atoms with Crippen molar-refractivity contribution < 1.29 is 79.3 Å². The van der Waals surface area contributed by atoms with Gasteiger partial charge in [0.05, 0.1) is 23.3 Å². The van der Waals surface area contributed by atoms with E-state index < -0.39 is 132 Å². The lowest BCUT2D eigenvalue weighted by Crippen LogP contribution is -2.71. The number of thioether (sulfide) groups is 1. The fraction of sp³-hybridized carbons (Fsp3) is 0.600. The van der Waals surface area contributed by atoms with Crippen LogP contribution >= 0.6 is 35.0 Å². The van der Waals surface area contributed by atoms with Gasteiger partial charge in [0.2, 0.25) is 16.6 Å². The van der Waals surface area contributed by atoms with Crippen LogP contribution in [0.25, 0.3) is 0 Å². The summed E-state index contributed by atoms with van der Waals surface area (Å²) in [6, 6.07) is 5.10. The van der Waals surface area contributed by atoms with Crippen molar-refractivity contribution in [3.05, 3.63) is 95.9 Å². The summed E-state index contributed by atoms with van der Waals surface area (Å²) >= 11 is 14.5. The van der Waals surface area contributed by atoms with E-state index in [1.54, 1.807) is 45.9 Å². The number of ether oxygens (including phenoxy) is 4. The predicted molar refractivity (Wildman–Crippen MR) is 287 cm³/mol. The zero-order chi connectivity index (χ0) is 58.3. The molecule has 432 valence electrons. The highest BCUT2D eigenvalue weighted by Gasteiger charge is 2.80. The molecule has 6 saturated carbocycles. The number of hydrogen-bond acceptors (Lipinski definition) is 15. The number of Topliss-reactive ketones (excluding diaryl/α,β-unsaturated/α-hetero) is 1. The number of allylic oxidation sites excluding steroid dienone is 8. The third-order valence-corrected chi connectivity index (χ3v) is 22.2. The number of fused-ring (bicyclic) bond motifs is 10. The molecule has 8 aliphatic rings. The van der Waals surface area contributed by atoms with E-state index in [4.69, 9.17) is 51.0 Å². The van der Waals surface area contributed by atoms with Crippen LogP contribution in [-0.4, -0.2) is 98.4 Å². The van der Waals surface area contributed by atoms with E-state index in [0.717, 1.165) is 11.6 Å². The van der Waals surface area contributed by atoms with Crippen molar-refractivity contribution >= 4 is 81.3 Å². The Labute approximate surface area is 476 Å². The Bertz CT molecular complexity index is 3000. The number of carbonyl (C=O) groups excluding carboxylic acids is 8. The molecule has 0 amide bonds. The predicted octanol–water partition coefficient (Wildman–Crippen LogP) is 11.7. The number of furan rings is 2. The Morgan fingerprint density at radius 2 is 1.29 bits per heavy atom. The molecule has 80 heavy (non-hydrogen) atoms. The molecule has 8 aliphatic carbocycles. The van der Waals surface area contributed by atoms with Crippen molar-refractivity contribution in [3.8, 4) is 0 Å². The van der Waals surface area contributed by atoms with Crippen LogP contribution in [0.3, 0.4) is 0 Å². The monoisotopic (exact) mass is 1170 g/mol. The van der Waals surface area contributed by atoms with E-state index in [1.165, 1.54) is 49.8 Å². The van der Waals surface area contributed by atoms with E-state index in [2.05, 4.69) is 0 Å².